The molecule has 7 nitrogen and oxygen atoms in total. The summed E-state index contributed by atoms with van der Waals surface area (Å²) in [5.41, 5.74) is 0.387. The van der Waals surface area contributed by atoms with Crippen molar-refractivity contribution in [3.05, 3.63) is 30.1 Å². The third-order valence-corrected chi connectivity index (χ3v) is 5.83. The smallest absolute Gasteiger partial charge is 0.272 e. The van der Waals surface area contributed by atoms with E-state index in [4.69, 9.17) is 34.8 Å². The third-order valence-electron chi connectivity index (χ3n) is 3.58. The molecule has 2 unspecified atom stereocenters. The number of hydrogen-bond acceptors (Lipinski definition) is 5. The highest BCUT2D eigenvalue weighted by atomic mass is 35.6. The van der Waals surface area contributed by atoms with Crippen LogP contribution in [0.4, 0.5) is 10.1 Å². The van der Waals surface area contributed by atoms with Gasteiger partial charge >= 0.3 is 0 Å². The van der Waals surface area contributed by atoms with Gasteiger partial charge in [0.2, 0.25) is 5.91 Å². The molecule has 1 aliphatic heterocycles. The number of anilines is 1. The molecule has 1 aromatic carbocycles. The molecule has 3 N–H and O–H groups in total. The monoisotopic (exact) mass is 445 g/mol. The number of rotatable bonds is 5. The molecule has 12 heteroatoms. The van der Waals surface area contributed by atoms with Gasteiger partial charge in [0.15, 0.2) is 9.84 Å². The molecule has 0 radical (unpaired) electrons. The Kier molecular flexibility index (Phi) is 6.73. The summed E-state index contributed by atoms with van der Waals surface area (Å²) in [7, 11) is -3.43. The lowest BCUT2D eigenvalue weighted by atomic mass is 10.1. The molecule has 2 amide bonds. The molecule has 1 aliphatic rings. The first kappa shape index (κ1) is 21.2. The second-order valence-corrected chi connectivity index (χ2v) is 10.1. The summed E-state index contributed by atoms with van der Waals surface area (Å²) in [6.07, 6.45) is 0. The predicted octanol–water partition coefficient (Wildman–Crippen LogP) is 1.01. The maximum atomic E-state index is 12.8. The van der Waals surface area contributed by atoms with E-state index in [0.29, 0.717) is 5.69 Å². The number of alkyl halides is 3. The van der Waals surface area contributed by atoms with E-state index >= 15 is 0 Å². The Balaban J connectivity index is 1.93. The van der Waals surface area contributed by atoms with Crippen LogP contribution in [-0.4, -0.2) is 54.2 Å². The van der Waals surface area contributed by atoms with Crippen molar-refractivity contribution < 1.29 is 22.4 Å². The van der Waals surface area contributed by atoms with Crippen LogP contribution in [0.1, 0.15) is 0 Å². The number of carbonyl (C=O) groups is 2. The van der Waals surface area contributed by atoms with Crippen molar-refractivity contribution in [1.29, 1.82) is 0 Å². The van der Waals surface area contributed by atoms with Gasteiger partial charge in [0, 0.05) is 11.7 Å². The number of hydrogen-bond donors (Lipinski definition) is 3. The molecule has 26 heavy (non-hydrogen) atoms. The van der Waals surface area contributed by atoms with E-state index in [1.54, 1.807) is 0 Å². The van der Waals surface area contributed by atoms with E-state index in [9.17, 15) is 22.4 Å². The van der Waals surface area contributed by atoms with E-state index in [1.807, 2.05) is 0 Å². The van der Waals surface area contributed by atoms with E-state index in [0.717, 1.165) is 0 Å². The van der Waals surface area contributed by atoms with Gasteiger partial charge in [-0.25, -0.2) is 12.8 Å². The van der Waals surface area contributed by atoms with Crippen molar-refractivity contribution in [2.24, 2.45) is 0 Å². The van der Waals surface area contributed by atoms with Crippen LogP contribution < -0.4 is 16.0 Å². The fraction of sp³-hybridized carbons (Fsp3) is 0.429. The quantitative estimate of drug-likeness (QED) is 0.586. The maximum absolute atomic E-state index is 12.8. The summed E-state index contributed by atoms with van der Waals surface area (Å²) in [6.45, 7) is -0.225. The predicted molar refractivity (Wildman–Crippen MR) is 97.7 cm³/mol. The van der Waals surface area contributed by atoms with Crippen LogP contribution in [0.2, 0.25) is 0 Å². The minimum atomic E-state index is -3.43. The summed E-state index contributed by atoms with van der Waals surface area (Å²) in [6, 6.07) is 3.58. The Morgan fingerprint density at radius 2 is 1.69 bits per heavy atom. The van der Waals surface area contributed by atoms with Gasteiger partial charge in [0.25, 0.3) is 9.70 Å². The molecule has 1 saturated heterocycles. The van der Waals surface area contributed by atoms with Crippen LogP contribution in [-0.2, 0) is 19.4 Å². The molecule has 2 rings (SSSR count). The Labute approximate surface area is 164 Å². The van der Waals surface area contributed by atoms with Gasteiger partial charge in [0.05, 0.1) is 24.1 Å². The average Bonchev–Trinajstić information content (AvgIpc) is 2.80. The first-order valence-electron chi connectivity index (χ1n) is 7.33. The highest BCUT2D eigenvalue weighted by Gasteiger charge is 2.41. The van der Waals surface area contributed by atoms with E-state index < -0.39 is 43.3 Å². The van der Waals surface area contributed by atoms with Crippen LogP contribution in [0.15, 0.2) is 24.3 Å². The topological polar surface area (TPSA) is 104 Å². The fourth-order valence-electron chi connectivity index (χ4n) is 2.40. The summed E-state index contributed by atoms with van der Waals surface area (Å²) in [4.78, 5) is 23.7. The van der Waals surface area contributed by atoms with Gasteiger partial charge in [-0.15, -0.1) is 0 Å². The van der Waals surface area contributed by atoms with E-state index in [-0.39, 0.29) is 18.1 Å². The minimum Gasteiger partial charge on any atom is -0.347 e. The number of sulfone groups is 1. The summed E-state index contributed by atoms with van der Waals surface area (Å²) < 4.78 is 34.3. The SMILES string of the molecule is O=C(CNC1CS(=O)(=O)CC1NC(=O)C(Cl)(Cl)Cl)Nc1ccc(F)cc1. The van der Waals surface area contributed by atoms with Crippen molar-refractivity contribution in [2.45, 2.75) is 15.9 Å². The molecule has 0 bridgehead atoms. The lowest BCUT2D eigenvalue weighted by Crippen LogP contribution is -2.53. The Morgan fingerprint density at radius 3 is 2.27 bits per heavy atom. The number of nitrogens with one attached hydrogen (secondary N) is 3. The van der Waals surface area contributed by atoms with Crippen LogP contribution in [0.25, 0.3) is 0 Å². The normalized spacial score (nSPS) is 22.0. The van der Waals surface area contributed by atoms with Crippen LogP contribution in [0, 0.1) is 5.82 Å². The summed E-state index contributed by atoms with van der Waals surface area (Å²) in [5, 5.41) is 7.65. The Bertz CT molecular complexity index is 784. The van der Waals surface area contributed by atoms with E-state index in [1.165, 1.54) is 24.3 Å². The Hall–Kier alpha value is -1.13. The third kappa shape index (κ3) is 6.24. The van der Waals surface area contributed by atoms with Crippen molar-refractivity contribution >= 4 is 62.1 Å². The molecule has 2 atom stereocenters. The molecule has 0 aromatic heterocycles. The summed E-state index contributed by atoms with van der Waals surface area (Å²) >= 11 is 16.4. The molecule has 1 heterocycles. The lowest BCUT2D eigenvalue weighted by molar-refractivity contribution is -0.120. The zero-order valence-electron chi connectivity index (χ0n) is 13.1. The molecule has 1 fully saturated rings. The second kappa shape index (κ2) is 8.26. The van der Waals surface area contributed by atoms with Gasteiger partial charge in [-0.2, -0.15) is 0 Å². The largest absolute Gasteiger partial charge is 0.347 e. The van der Waals surface area contributed by atoms with Crippen molar-refractivity contribution in [3.8, 4) is 0 Å². The minimum absolute atomic E-state index is 0.225. The van der Waals surface area contributed by atoms with Gasteiger partial charge in [0.1, 0.15) is 5.82 Å². The maximum Gasteiger partial charge on any atom is 0.272 e. The number of carbonyl (C=O) groups excluding carboxylic acids is 2. The average molecular weight is 447 g/mol. The zero-order valence-corrected chi connectivity index (χ0v) is 16.2. The molecular formula is C14H15Cl3FN3O4S. The van der Waals surface area contributed by atoms with E-state index in [2.05, 4.69) is 16.0 Å². The zero-order chi connectivity index (χ0) is 19.5. The lowest BCUT2D eigenvalue weighted by Gasteiger charge is -2.22. The van der Waals surface area contributed by atoms with Gasteiger partial charge in [-0.05, 0) is 24.3 Å². The highest BCUT2D eigenvalue weighted by molar-refractivity contribution is 7.91. The number of benzene rings is 1. The van der Waals surface area contributed by atoms with Gasteiger partial charge < -0.3 is 16.0 Å². The highest BCUT2D eigenvalue weighted by Crippen LogP contribution is 2.26. The first-order chi connectivity index (χ1) is 12.0. The van der Waals surface area contributed by atoms with Crippen LogP contribution in [0.5, 0.6) is 0 Å². The van der Waals surface area contributed by atoms with Crippen molar-refractivity contribution in [3.63, 3.8) is 0 Å². The Morgan fingerprint density at radius 1 is 1.12 bits per heavy atom. The molecular weight excluding hydrogens is 432 g/mol. The molecule has 144 valence electrons. The van der Waals surface area contributed by atoms with Crippen LogP contribution >= 0.6 is 34.8 Å². The molecule has 1 aromatic rings. The molecule has 0 spiro atoms. The first-order valence-corrected chi connectivity index (χ1v) is 10.3. The van der Waals surface area contributed by atoms with Gasteiger partial charge in [-0.3, -0.25) is 9.59 Å². The van der Waals surface area contributed by atoms with Crippen LogP contribution in [0.3, 0.4) is 0 Å². The standard InChI is InChI=1S/C14H15Cl3FN3O4S/c15-14(16,17)13(23)21-11-7-26(24,25)6-10(11)19-5-12(22)20-9-3-1-8(18)2-4-9/h1-4,10-11,19H,5-7H2,(H,20,22)(H,21,23). The fourth-order valence-corrected chi connectivity index (χ4v) is 4.46. The van der Waals surface area contributed by atoms with Gasteiger partial charge in [-0.1, -0.05) is 34.8 Å². The number of amides is 2. The number of halogens is 4. The van der Waals surface area contributed by atoms with Crippen molar-refractivity contribution in [2.75, 3.05) is 23.4 Å². The molecule has 0 aliphatic carbocycles. The summed E-state index contributed by atoms with van der Waals surface area (Å²) in [5.74, 6) is -2.47. The second-order valence-electron chi connectivity index (χ2n) is 5.70. The van der Waals surface area contributed by atoms with Crippen molar-refractivity contribution in [1.82, 2.24) is 10.6 Å². The molecule has 0 saturated carbocycles.